The molecule has 7 heteroatoms. The van der Waals surface area contributed by atoms with Crippen molar-refractivity contribution in [2.45, 2.75) is 6.92 Å². The molecule has 0 radical (unpaired) electrons. The monoisotopic (exact) mass is 531 g/mol. The highest BCUT2D eigenvalue weighted by atomic mass is 35.5. The molecular weight excluding hydrogens is 506 g/mol. The third-order valence-electron chi connectivity index (χ3n) is 7.32. The number of hydrogen-bond acceptors (Lipinski definition) is 6. The van der Waals surface area contributed by atoms with Crippen LogP contribution in [0.1, 0.15) is 11.1 Å². The van der Waals surface area contributed by atoms with Crippen LogP contribution in [0.25, 0.3) is 22.3 Å². The van der Waals surface area contributed by atoms with Gasteiger partial charge in [-0.1, -0.05) is 66.2 Å². The molecule has 6 nitrogen and oxygen atoms in total. The predicted molar refractivity (Wildman–Crippen MR) is 158 cm³/mol. The summed E-state index contributed by atoms with van der Waals surface area (Å²) >= 11 is 6.32. The minimum absolute atomic E-state index is 0.636. The van der Waals surface area contributed by atoms with Crippen molar-refractivity contribution in [2.75, 3.05) is 31.1 Å². The molecule has 5 aromatic rings. The molecule has 0 N–H and O–H groups in total. The Morgan fingerprint density at radius 1 is 0.744 bits per heavy atom. The van der Waals surface area contributed by atoms with E-state index in [1.54, 1.807) is 0 Å². The molecule has 0 amide bonds. The van der Waals surface area contributed by atoms with E-state index in [0.717, 1.165) is 77.1 Å². The molecule has 0 saturated carbocycles. The Labute approximate surface area is 232 Å². The summed E-state index contributed by atoms with van der Waals surface area (Å²) in [5.74, 6) is 4.14. The van der Waals surface area contributed by atoms with Gasteiger partial charge in [-0.05, 0) is 48.9 Å². The molecule has 3 heterocycles. The number of para-hydroxylation sites is 1. The van der Waals surface area contributed by atoms with E-state index in [2.05, 4.69) is 53.1 Å². The highest BCUT2D eigenvalue weighted by Gasteiger charge is 2.27. The maximum Gasteiger partial charge on any atom is 0.162 e. The van der Waals surface area contributed by atoms with E-state index in [-0.39, 0.29) is 0 Å². The van der Waals surface area contributed by atoms with Gasteiger partial charge in [0.25, 0.3) is 0 Å². The first-order chi connectivity index (χ1) is 19.1. The number of piperazine rings is 1. The van der Waals surface area contributed by atoms with Crippen molar-refractivity contribution >= 4 is 39.8 Å². The van der Waals surface area contributed by atoms with Crippen molar-refractivity contribution in [3.8, 4) is 22.9 Å². The van der Waals surface area contributed by atoms with E-state index >= 15 is 0 Å². The average Bonchev–Trinajstić information content (AvgIpc) is 3.14. The van der Waals surface area contributed by atoms with Crippen molar-refractivity contribution < 1.29 is 4.74 Å². The number of rotatable bonds is 2. The van der Waals surface area contributed by atoms with Crippen molar-refractivity contribution in [3.05, 3.63) is 107 Å². The normalized spacial score (nSPS) is 14.8. The molecular formula is C32H26ClN5O. The van der Waals surface area contributed by atoms with E-state index in [4.69, 9.17) is 31.3 Å². The van der Waals surface area contributed by atoms with Gasteiger partial charge in [0, 0.05) is 42.2 Å². The number of anilines is 1. The fourth-order valence-corrected chi connectivity index (χ4v) is 5.51. The second kappa shape index (κ2) is 9.71. The van der Waals surface area contributed by atoms with Crippen molar-refractivity contribution in [1.29, 1.82) is 0 Å². The molecule has 1 fully saturated rings. The molecule has 2 aliphatic heterocycles. The number of nitrogens with zero attached hydrogens (tertiary/aromatic N) is 5. The lowest BCUT2D eigenvalue weighted by Crippen LogP contribution is -2.49. The van der Waals surface area contributed by atoms with Crippen LogP contribution in [0.3, 0.4) is 0 Å². The van der Waals surface area contributed by atoms with Crippen LogP contribution >= 0.6 is 11.6 Å². The van der Waals surface area contributed by atoms with Crippen LogP contribution < -0.4 is 9.64 Å². The second-order valence-corrected chi connectivity index (χ2v) is 10.3. The molecule has 7 rings (SSSR count). The lowest BCUT2D eigenvalue weighted by atomic mass is 10.1. The summed E-state index contributed by atoms with van der Waals surface area (Å²) in [6, 6.07) is 30.1. The van der Waals surface area contributed by atoms with Crippen LogP contribution in [-0.2, 0) is 0 Å². The van der Waals surface area contributed by atoms with E-state index in [0.29, 0.717) is 10.8 Å². The molecule has 39 heavy (non-hydrogen) atoms. The van der Waals surface area contributed by atoms with Crippen molar-refractivity contribution in [1.82, 2.24) is 14.9 Å². The first-order valence-corrected chi connectivity index (χ1v) is 13.5. The average molecular weight is 532 g/mol. The number of hydrogen-bond donors (Lipinski definition) is 0. The van der Waals surface area contributed by atoms with Gasteiger partial charge < -0.3 is 14.5 Å². The molecule has 0 spiro atoms. The topological polar surface area (TPSA) is 53.9 Å². The number of aromatic nitrogens is 2. The first-order valence-electron chi connectivity index (χ1n) is 13.1. The predicted octanol–water partition coefficient (Wildman–Crippen LogP) is 7.26. The van der Waals surface area contributed by atoms with Crippen LogP contribution in [0.5, 0.6) is 11.5 Å². The van der Waals surface area contributed by atoms with Gasteiger partial charge in [0.15, 0.2) is 11.6 Å². The molecule has 192 valence electrons. The van der Waals surface area contributed by atoms with E-state index < -0.39 is 0 Å². The van der Waals surface area contributed by atoms with Crippen molar-refractivity contribution in [3.63, 3.8) is 0 Å². The molecule has 0 unspecified atom stereocenters. The lowest BCUT2D eigenvalue weighted by molar-refractivity contribution is 0.385. The van der Waals surface area contributed by atoms with Crippen LogP contribution in [0.2, 0.25) is 5.02 Å². The zero-order valence-corrected chi connectivity index (χ0v) is 22.3. The Bertz CT molecular complexity index is 1730. The fourth-order valence-electron chi connectivity index (χ4n) is 5.35. The summed E-state index contributed by atoms with van der Waals surface area (Å²) in [5.41, 5.74) is 4.88. The summed E-state index contributed by atoms with van der Waals surface area (Å²) in [4.78, 5) is 19.8. The van der Waals surface area contributed by atoms with Gasteiger partial charge in [-0.2, -0.15) is 0 Å². The molecule has 1 saturated heterocycles. The maximum atomic E-state index is 6.32. The zero-order valence-electron chi connectivity index (χ0n) is 21.5. The van der Waals surface area contributed by atoms with Gasteiger partial charge in [-0.25, -0.2) is 15.0 Å². The fraction of sp³-hybridized carbons (Fsp3) is 0.156. The van der Waals surface area contributed by atoms with E-state index in [1.165, 1.54) is 5.56 Å². The lowest BCUT2D eigenvalue weighted by Gasteiger charge is -2.37. The smallest absolute Gasteiger partial charge is 0.162 e. The Kier molecular flexibility index (Phi) is 5.90. The third-order valence-corrected chi connectivity index (χ3v) is 7.55. The maximum absolute atomic E-state index is 6.32. The van der Waals surface area contributed by atoms with Crippen LogP contribution in [0, 0.1) is 6.92 Å². The summed E-state index contributed by atoms with van der Waals surface area (Å²) in [6.07, 6.45) is 0. The number of aryl methyl sites for hydroxylation is 1. The Balaban J connectivity index is 1.25. The molecule has 0 aliphatic carbocycles. The molecule has 2 aliphatic rings. The summed E-state index contributed by atoms with van der Waals surface area (Å²) in [5, 5.41) is 1.75. The molecule has 0 atom stereocenters. The van der Waals surface area contributed by atoms with Gasteiger partial charge in [0.1, 0.15) is 23.1 Å². The first kappa shape index (κ1) is 23.7. The van der Waals surface area contributed by atoms with E-state index in [1.807, 2.05) is 54.6 Å². The minimum atomic E-state index is 0.636. The third kappa shape index (κ3) is 4.37. The van der Waals surface area contributed by atoms with Gasteiger partial charge in [-0.3, -0.25) is 0 Å². The van der Waals surface area contributed by atoms with Gasteiger partial charge in [0.05, 0.1) is 11.1 Å². The Hall–Kier alpha value is -4.42. The number of ether oxygens (including phenoxy) is 1. The largest absolute Gasteiger partial charge is 0.454 e. The van der Waals surface area contributed by atoms with Gasteiger partial charge >= 0.3 is 0 Å². The highest BCUT2D eigenvalue weighted by Crippen LogP contribution is 2.40. The second-order valence-electron chi connectivity index (χ2n) is 9.83. The number of halogens is 1. The molecule has 0 bridgehead atoms. The summed E-state index contributed by atoms with van der Waals surface area (Å²) in [6.45, 7) is 5.33. The SMILES string of the molecule is Cc1cccc2nc(-c3ccccc3)nc(N3CCN(C4=Nc5cc(Cl)ccc5Oc5ccccc54)CC3)c12. The van der Waals surface area contributed by atoms with Crippen LogP contribution in [0.15, 0.2) is 96.0 Å². The zero-order chi connectivity index (χ0) is 26.3. The van der Waals surface area contributed by atoms with Gasteiger partial charge in [-0.15, -0.1) is 0 Å². The van der Waals surface area contributed by atoms with E-state index in [9.17, 15) is 0 Å². The van der Waals surface area contributed by atoms with Crippen LogP contribution in [0.4, 0.5) is 11.5 Å². The van der Waals surface area contributed by atoms with Gasteiger partial charge in [0.2, 0.25) is 0 Å². The minimum Gasteiger partial charge on any atom is -0.454 e. The Morgan fingerprint density at radius 3 is 2.36 bits per heavy atom. The quantitative estimate of drug-likeness (QED) is 0.240. The number of amidine groups is 1. The van der Waals surface area contributed by atoms with Crippen LogP contribution in [-0.4, -0.2) is 46.9 Å². The summed E-state index contributed by atoms with van der Waals surface area (Å²) < 4.78 is 6.26. The standard InChI is InChI=1S/C32H26ClN5O/c1-21-8-7-12-25-29(21)32(36-30(34-25)22-9-3-2-4-10-22)38-18-16-37(17-19-38)31-24-11-5-6-13-27(24)39-28-15-14-23(33)20-26(28)35-31/h2-15,20H,16-19H2,1H3. The van der Waals surface area contributed by atoms with Crippen molar-refractivity contribution in [2.24, 2.45) is 4.99 Å². The number of fused-ring (bicyclic) bond motifs is 3. The highest BCUT2D eigenvalue weighted by molar-refractivity contribution is 6.31. The number of benzene rings is 4. The summed E-state index contributed by atoms with van der Waals surface area (Å²) in [7, 11) is 0. The molecule has 1 aromatic heterocycles. The molecule has 4 aromatic carbocycles. The Morgan fingerprint density at radius 2 is 1.51 bits per heavy atom. The number of aliphatic imine (C=N–C) groups is 1.